The monoisotopic (exact) mass is 307 g/mol. The summed E-state index contributed by atoms with van der Waals surface area (Å²) in [5.74, 6) is -3.73. The predicted molar refractivity (Wildman–Crippen MR) is 68.2 cm³/mol. The number of aliphatic hydroxyl groups excluding tert-OH is 3. The van der Waals surface area contributed by atoms with Crippen molar-refractivity contribution in [2.45, 2.75) is 49.9 Å². The van der Waals surface area contributed by atoms with Crippen molar-refractivity contribution in [2.75, 3.05) is 13.7 Å². The van der Waals surface area contributed by atoms with Gasteiger partial charge in [0.1, 0.15) is 18.3 Å². The van der Waals surface area contributed by atoms with Crippen LogP contribution in [0.15, 0.2) is 0 Å². The van der Waals surface area contributed by atoms with Crippen molar-refractivity contribution in [3.63, 3.8) is 0 Å². The van der Waals surface area contributed by atoms with Crippen LogP contribution in [-0.4, -0.2) is 76.2 Å². The van der Waals surface area contributed by atoms with Gasteiger partial charge >= 0.3 is 5.97 Å². The van der Waals surface area contributed by atoms with Crippen LogP contribution in [0.3, 0.4) is 0 Å². The Kier molecular flexibility index (Phi) is 6.05. The van der Waals surface area contributed by atoms with Crippen molar-refractivity contribution in [1.82, 2.24) is 5.32 Å². The van der Waals surface area contributed by atoms with Gasteiger partial charge in [-0.25, -0.2) is 4.79 Å². The molecule has 0 unspecified atom stereocenters. The Morgan fingerprint density at radius 2 is 2.10 bits per heavy atom. The highest BCUT2D eigenvalue weighted by molar-refractivity contribution is 5.76. The first-order valence-electron chi connectivity index (χ1n) is 6.48. The van der Waals surface area contributed by atoms with Crippen molar-refractivity contribution in [2.24, 2.45) is 0 Å². The summed E-state index contributed by atoms with van der Waals surface area (Å²) >= 11 is 0. The molecule has 122 valence electrons. The van der Waals surface area contributed by atoms with E-state index in [-0.39, 0.29) is 18.7 Å². The molecule has 1 fully saturated rings. The second kappa shape index (κ2) is 7.14. The van der Waals surface area contributed by atoms with Crippen LogP contribution >= 0.6 is 0 Å². The first kappa shape index (κ1) is 17.8. The lowest BCUT2D eigenvalue weighted by molar-refractivity contribution is -0.289. The molecular formula is C12H21NO8. The fraction of sp³-hybridized carbons (Fsp3) is 0.833. The Labute approximate surface area is 121 Å². The van der Waals surface area contributed by atoms with Crippen LogP contribution in [0.1, 0.15) is 19.8 Å². The third kappa shape index (κ3) is 3.89. The number of carboxylic acids is 1. The number of aliphatic hydroxyl groups is 3. The molecule has 1 saturated heterocycles. The van der Waals surface area contributed by atoms with Gasteiger partial charge in [-0.1, -0.05) is 0 Å². The first-order chi connectivity index (χ1) is 9.77. The molecule has 0 aromatic heterocycles. The Bertz CT molecular complexity index is 389. The molecule has 1 amide bonds. The number of ether oxygens (including phenoxy) is 2. The molecule has 1 rings (SSSR count). The summed E-state index contributed by atoms with van der Waals surface area (Å²) in [5.41, 5.74) is 0. The lowest BCUT2D eigenvalue weighted by atomic mass is 9.91. The van der Waals surface area contributed by atoms with Crippen molar-refractivity contribution >= 4 is 11.9 Å². The van der Waals surface area contributed by atoms with Gasteiger partial charge < -0.3 is 35.2 Å². The molecule has 1 aliphatic rings. The molecule has 0 radical (unpaired) electrons. The average Bonchev–Trinajstić information content (AvgIpc) is 2.45. The van der Waals surface area contributed by atoms with E-state index in [2.05, 4.69) is 5.32 Å². The number of amides is 1. The Balaban J connectivity index is 3.00. The highest BCUT2D eigenvalue weighted by Gasteiger charge is 2.51. The maximum Gasteiger partial charge on any atom is 0.364 e. The van der Waals surface area contributed by atoms with E-state index < -0.39 is 42.7 Å². The smallest absolute Gasteiger partial charge is 0.364 e. The molecule has 0 spiro atoms. The Morgan fingerprint density at radius 1 is 1.48 bits per heavy atom. The van der Waals surface area contributed by atoms with E-state index in [4.69, 9.17) is 14.6 Å². The third-order valence-electron chi connectivity index (χ3n) is 3.47. The standard InChI is InChI=1S/C12H21NO8/c1-6(15)13-7-3-4-12(20-2,11(18)19)21-10(7)9(17)8(16)5-14/h7-10,14,16-17H,3-5H2,1-2H3,(H,13,15)(H,18,19)/t7-,8-,9-,10-,12+/m1/s1. The lowest BCUT2D eigenvalue weighted by Gasteiger charge is -2.43. The molecule has 1 heterocycles. The summed E-state index contributed by atoms with van der Waals surface area (Å²) < 4.78 is 10.2. The molecule has 1 aliphatic heterocycles. The number of hydrogen-bond acceptors (Lipinski definition) is 7. The highest BCUT2D eigenvalue weighted by atomic mass is 16.7. The number of carbonyl (C=O) groups excluding carboxylic acids is 1. The van der Waals surface area contributed by atoms with Gasteiger partial charge in [-0.05, 0) is 6.42 Å². The van der Waals surface area contributed by atoms with Crippen LogP contribution in [0.5, 0.6) is 0 Å². The van der Waals surface area contributed by atoms with Gasteiger partial charge in [0.2, 0.25) is 5.91 Å². The minimum Gasteiger partial charge on any atom is -0.477 e. The van der Waals surface area contributed by atoms with Crippen molar-refractivity contribution < 1.29 is 39.5 Å². The zero-order valence-electron chi connectivity index (χ0n) is 11.9. The second-order valence-electron chi connectivity index (χ2n) is 4.93. The second-order valence-corrected chi connectivity index (χ2v) is 4.93. The summed E-state index contributed by atoms with van der Waals surface area (Å²) in [5, 5.41) is 40.2. The molecule has 0 bridgehead atoms. The molecule has 21 heavy (non-hydrogen) atoms. The van der Waals surface area contributed by atoms with Crippen LogP contribution in [0.25, 0.3) is 0 Å². The number of carbonyl (C=O) groups is 2. The third-order valence-corrected chi connectivity index (χ3v) is 3.47. The fourth-order valence-electron chi connectivity index (χ4n) is 2.32. The topological polar surface area (TPSA) is 146 Å². The maximum absolute atomic E-state index is 11.3. The van der Waals surface area contributed by atoms with E-state index >= 15 is 0 Å². The summed E-state index contributed by atoms with van der Waals surface area (Å²) in [4.78, 5) is 22.5. The molecule has 0 aliphatic carbocycles. The van der Waals surface area contributed by atoms with Crippen LogP contribution in [0.4, 0.5) is 0 Å². The summed E-state index contributed by atoms with van der Waals surface area (Å²) in [6.45, 7) is 0.530. The zero-order valence-corrected chi connectivity index (χ0v) is 11.9. The van der Waals surface area contributed by atoms with Gasteiger partial charge in [0.15, 0.2) is 0 Å². The van der Waals surface area contributed by atoms with E-state index in [1.807, 2.05) is 0 Å². The Morgan fingerprint density at radius 3 is 2.52 bits per heavy atom. The van der Waals surface area contributed by atoms with Crippen molar-refractivity contribution in [1.29, 1.82) is 0 Å². The molecule has 0 aromatic rings. The van der Waals surface area contributed by atoms with E-state index in [0.29, 0.717) is 0 Å². The van der Waals surface area contributed by atoms with Crippen LogP contribution < -0.4 is 5.32 Å². The largest absolute Gasteiger partial charge is 0.477 e. The molecule has 9 nitrogen and oxygen atoms in total. The van der Waals surface area contributed by atoms with Crippen molar-refractivity contribution in [3.05, 3.63) is 0 Å². The van der Waals surface area contributed by atoms with Gasteiger partial charge in [0.25, 0.3) is 5.79 Å². The molecule has 0 saturated carbocycles. The molecule has 9 heteroatoms. The summed E-state index contributed by atoms with van der Waals surface area (Å²) in [6.07, 6.45) is -4.23. The van der Waals surface area contributed by atoms with E-state index in [1.54, 1.807) is 0 Å². The number of nitrogens with one attached hydrogen (secondary N) is 1. The number of aliphatic carboxylic acids is 1. The van der Waals surface area contributed by atoms with Crippen LogP contribution in [-0.2, 0) is 19.1 Å². The molecule has 5 N–H and O–H groups in total. The van der Waals surface area contributed by atoms with Gasteiger partial charge in [-0.15, -0.1) is 0 Å². The van der Waals surface area contributed by atoms with Crippen LogP contribution in [0, 0.1) is 0 Å². The Hall–Kier alpha value is -1.26. The summed E-state index contributed by atoms with van der Waals surface area (Å²) in [6, 6.07) is -0.707. The minimum atomic E-state index is -1.96. The predicted octanol–water partition coefficient (Wildman–Crippen LogP) is -2.19. The summed E-state index contributed by atoms with van der Waals surface area (Å²) in [7, 11) is 1.15. The van der Waals surface area contributed by atoms with Crippen molar-refractivity contribution in [3.8, 4) is 0 Å². The van der Waals surface area contributed by atoms with Gasteiger partial charge in [0.05, 0.1) is 12.6 Å². The minimum absolute atomic E-state index is 0.0395. The molecular weight excluding hydrogens is 286 g/mol. The number of methoxy groups -OCH3 is 1. The van der Waals surface area contributed by atoms with Gasteiger partial charge in [-0.2, -0.15) is 0 Å². The van der Waals surface area contributed by atoms with E-state index in [0.717, 1.165) is 7.11 Å². The quantitative estimate of drug-likeness (QED) is 0.372. The molecule has 5 atom stereocenters. The van der Waals surface area contributed by atoms with Gasteiger partial charge in [-0.3, -0.25) is 4.79 Å². The van der Waals surface area contributed by atoms with Crippen LogP contribution in [0.2, 0.25) is 0 Å². The van der Waals surface area contributed by atoms with E-state index in [1.165, 1.54) is 6.92 Å². The normalized spacial score (nSPS) is 32.2. The average molecular weight is 307 g/mol. The zero-order chi connectivity index (χ0) is 16.2. The highest BCUT2D eigenvalue weighted by Crippen LogP contribution is 2.32. The maximum atomic E-state index is 11.3. The number of rotatable bonds is 6. The lowest BCUT2D eigenvalue weighted by Crippen LogP contribution is -2.62. The van der Waals surface area contributed by atoms with E-state index in [9.17, 15) is 24.9 Å². The molecule has 0 aromatic carbocycles. The fourth-order valence-corrected chi connectivity index (χ4v) is 2.32. The number of carboxylic acid groups (broad SMARTS) is 1. The van der Waals surface area contributed by atoms with Gasteiger partial charge in [0, 0.05) is 20.5 Å². The first-order valence-corrected chi connectivity index (χ1v) is 6.48. The number of hydrogen-bond donors (Lipinski definition) is 5. The SMILES string of the molecule is CO[C@@]1(C(=O)O)CC[C@@H](NC(C)=O)[C@H]([C@H](O)[C@H](O)CO)O1.